The second-order valence-corrected chi connectivity index (χ2v) is 5.00. The van der Waals surface area contributed by atoms with E-state index in [-0.39, 0.29) is 6.61 Å². The van der Waals surface area contributed by atoms with E-state index >= 15 is 0 Å². The van der Waals surface area contributed by atoms with E-state index in [4.69, 9.17) is 16.3 Å². The minimum atomic E-state index is -0.395. The van der Waals surface area contributed by atoms with Gasteiger partial charge in [-0.05, 0) is 31.2 Å². The predicted molar refractivity (Wildman–Crippen MR) is 80.0 cm³/mol. The zero-order valence-electron chi connectivity index (χ0n) is 11.3. The van der Waals surface area contributed by atoms with Gasteiger partial charge in [-0.15, -0.1) is 0 Å². The van der Waals surface area contributed by atoms with Gasteiger partial charge in [-0.3, -0.25) is 0 Å². The van der Waals surface area contributed by atoms with Crippen molar-refractivity contribution in [2.75, 3.05) is 0 Å². The Morgan fingerprint density at radius 3 is 2.48 bits per heavy atom. The molecule has 0 bridgehead atoms. The number of ether oxygens (including phenoxy) is 1. The van der Waals surface area contributed by atoms with Crippen molar-refractivity contribution in [2.24, 2.45) is 0 Å². The van der Waals surface area contributed by atoms with E-state index in [0.29, 0.717) is 22.2 Å². The van der Waals surface area contributed by atoms with Gasteiger partial charge in [0.2, 0.25) is 5.88 Å². The maximum atomic E-state index is 13.7. The highest BCUT2D eigenvalue weighted by atomic mass is 35.5. The van der Waals surface area contributed by atoms with E-state index < -0.39 is 5.82 Å². The molecule has 3 aromatic rings. The molecular formula is C16H12ClFN2O. The summed E-state index contributed by atoms with van der Waals surface area (Å²) in [7, 11) is 0. The number of hydrogen-bond donors (Lipinski definition) is 0. The second-order valence-electron chi connectivity index (χ2n) is 4.59. The molecule has 3 rings (SSSR count). The molecule has 106 valence electrons. The lowest BCUT2D eigenvalue weighted by molar-refractivity contribution is 0.285. The molecular weight excluding hydrogens is 291 g/mol. The van der Waals surface area contributed by atoms with E-state index in [2.05, 4.69) is 9.97 Å². The average Bonchev–Trinajstić information content (AvgIpc) is 2.47. The van der Waals surface area contributed by atoms with Crippen molar-refractivity contribution in [3.8, 4) is 5.88 Å². The van der Waals surface area contributed by atoms with Crippen LogP contribution < -0.4 is 4.74 Å². The van der Waals surface area contributed by atoms with Crippen molar-refractivity contribution in [1.82, 2.24) is 9.97 Å². The lowest BCUT2D eigenvalue weighted by Gasteiger charge is -2.10. The molecule has 0 aliphatic carbocycles. The Balaban J connectivity index is 1.90. The minimum Gasteiger partial charge on any atom is -0.471 e. The van der Waals surface area contributed by atoms with Crippen molar-refractivity contribution < 1.29 is 9.13 Å². The quantitative estimate of drug-likeness (QED) is 0.723. The third-order valence-electron chi connectivity index (χ3n) is 3.12. The fourth-order valence-corrected chi connectivity index (χ4v) is 2.24. The first-order valence-corrected chi connectivity index (χ1v) is 6.82. The van der Waals surface area contributed by atoms with E-state index in [1.165, 1.54) is 6.07 Å². The smallest absolute Gasteiger partial charge is 0.236 e. The fourth-order valence-electron chi connectivity index (χ4n) is 2.02. The molecule has 2 aromatic carbocycles. The van der Waals surface area contributed by atoms with Crippen molar-refractivity contribution >= 4 is 22.6 Å². The van der Waals surface area contributed by atoms with Crippen LogP contribution in [0.2, 0.25) is 5.02 Å². The van der Waals surface area contributed by atoms with Crippen LogP contribution in [0.1, 0.15) is 11.3 Å². The first kappa shape index (κ1) is 13.8. The van der Waals surface area contributed by atoms with Gasteiger partial charge in [0.25, 0.3) is 0 Å². The lowest BCUT2D eigenvalue weighted by atomic mass is 10.2. The van der Waals surface area contributed by atoms with Crippen molar-refractivity contribution in [1.29, 1.82) is 0 Å². The van der Waals surface area contributed by atoms with Gasteiger partial charge in [0.05, 0.1) is 16.1 Å². The Labute approximate surface area is 126 Å². The van der Waals surface area contributed by atoms with Gasteiger partial charge >= 0.3 is 0 Å². The Hall–Kier alpha value is -2.20. The second kappa shape index (κ2) is 5.66. The van der Waals surface area contributed by atoms with Gasteiger partial charge in [0.15, 0.2) is 0 Å². The summed E-state index contributed by atoms with van der Waals surface area (Å²) in [6, 6.07) is 12.0. The number of benzene rings is 2. The molecule has 0 aliphatic heterocycles. The summed E-state index contributed by atoms with van der Waals surface area (Å²) in [6.45, 7) is 1.82. The maximum absolute atomic E-state index is 13.7. The zero-order valence-corrected chi connectivity index (χ0v) is 12.1. The molecule has 0 N–H and O–H groups in total. The Morgan fingerprint density at radius 1 is 1.05 bits per heavy atom. The summed E-state index contributed by atoms with van der Waals surface area (Å²) >= 11 is 5.97. The molecule has 0 fully saturated rings. The number of rotatable bonds is 3. The molecule has 0 atom stereocenters. The summed E-state index contributed by atoms with van der Waals surface area (Å²) in [4.78, 5) is 8.82. The van der Waals surface area contributed by atoms with E-state index in [1.807, 2.05) is 24.3 Å². The number of aromatic nitrogens is 2. The van der Waals surface area contributed by atoms with Crippen LogP contribution in [0, 0.1) is 12.7 Å². The predicted octanol–water partition coefficient (Wildman–Crippen LogP) is 4.31. The Morgan fingerprint density at radius 2 is 1.76 bits per heavy atom. The molecule has 0 radical (unpaired) electrons. The third kappa shape index (κ3) is 2.81. The van der Waals surface area contributed by atoms with Crippen LogP contribution in [0.25, 0.3) is 11.0 Å². The molecule has 0 aliphatic rings. The number of halogens is 2. The number of fused-ring (bicyclic) bond motifs is 1. The van der Waals surface area contributed by atoms with Crippen molar-refractivity contribution in [3.05, 3.63) is 64.6 Å². The van der Waals surface area contributed by atoms with Gasteiger partial charge in [0, 0.05) is 5.56 Å². The molecule has 1 heterocycles. The normalized spacial score (nSPS) is 10.8. The number of hydrogen-bond acceptors (Lipinski definition) is 3. The maximum Gasteiger partial charge on any atom is 0.236 e. The highest BCUT2D eigenvalue weighted by Gasteiger charge is 2.10. The zero-order chi connectivity index (χ0) is 14.8. The van der Waals surface area contributed by atoms with Gasteiger partial charge in [-0.25, -0.2) is 14.4 Å². The molecule has 0 saturated heterocycles. The van der Waals surface area contributed by atoms with Crippen LogP contribution in [-0.4, -0.2) is 9.97 Å². The summed E-state index contributed by atoms with van der Waals surface area (Å²) in [5.41, 5.74) is 2.50. The first-order chi connectivity index (χ1) is 10.1. The van der Waals surface area contributed by atoms with Crippen LogP contribution in [0.5, 0.6) is 5.88 Å². The molecule has 1 aromatic heterocycles. The molecule has 5 heteroatoms. The highest BCUT2D eigenvalue weighted by molar-refractivity contribution is 6.31. The molecule has 0 spiro atoms. The van der Waals surface area contributed by atoms with Crippen LogP contribution >= 0.6 is 11.6 Å². The van der Waals surface area contributed by atoms with Crippen molar-refractivity contribution in [3.63, 3.8) is 0 Å². The number of para-hydroxylation sites is 2. The van der Waals surface area contributed by atoms with E-state index in [9.17, 15) is 4.39 Å². The molecule has 3 nitrogen and oxygen atoms in total. The molecule has 0 amide bonds. The number of nitrogens with zero attached hydrogens (tertiary/aromatic N) is 2. The monoisotopic (exact) mass is 302 g/mol. The van der Waals surface area contributed by atoms with Gasteiger partial charge in [0.1, 0.15) is 18.1 Å². The Kier molecular flexibility index (Phi) is 3.71. The standard InChI is InChI=1S/C16H12ClFN2O/c1-10-16(20-15-8-3-2-7-14(15)19-10)21-9-11-12(17)5-4-6-13(11)18/h2-8H,9H2,1H3. The van der Waals surface area contributed by atoms with Crippen LogP contribution in [0.4, 0.5) is 4.39 Å². The first-order valence-electron chi connectivity index (χ1n) is 6.44. The Bertz CT molecular complexity index is 787. The molecule has 21 heavy (non-hydrogen) atoms. The van der Waals surface area contributed by atoms with Gasteiger partial charge < -0.3 is 4.74 Å². The number of aryl methyl sites for hydroxylation is 1. The average molecular weight is 303 g/mol. The van der Waals surface area contributed by atoms with Crippen LogP contribution in [0.15, 0.2) is 42.5 Å². The fraction of sp³-hybridized carbons (Fsp3) is 0.125. The summed E-state index contributed by atoms with van der Waals surface area (Å²) < 4.78 is 19.3. The summed E-state index contributed by atoms with van der Waals surface area (Å²) in [5.74, 6) is -0.0121. The molecule has 0 unspecified atom stereocenters. The lowest BCUT2D eigenvalue weighted by Crippen LogP contribution is -2.03. The summed E-state index contributed by atoms with van der Waals surface area (Å²) in [5, 5.41) is 0.335. The van der Waals surface area contributed by atoms with Crippen LogP contribution in [-0.2, 0) is 6.61 Å². The minimum absolute atomic E-state index is 0.0133. The van der Waals surface area contributed by atoms with Crippen molar-refractivity contribution in [2.45, 2.75) is 13.5 Å². The molecule has 0 saturated carbocycles. The van der Waals surface area contributed by atoms with E-state index in [1.54, 1.807) is 19.1 Å². The van der Waals surface area contributed by atoms with Gasteiger partial charge in [-0.1, -0.05) is 29.8 Å². The SMILES string of the molecule is Cc1nc2ccccc2nc1OCc1c(F)cccc1Cl. The third-order valence-corrected chi connectivity index (χ3v) is 3.47. The topological polar surface area (TPSA) is 35.0 Å². The highest BCUT2D eigenvalue weighted by Crippen LogP contribution is 2.23. The van der Waals surface area contributed by atoms with Crippen LogP contribution in [0.3, 0.4) is 0 Å². The summed E-state index contributed by atoms with van der Waals surface area (Å²) in [6.07, 6.45) is 0. The van der Waals surface area contributed by atoms with E-state index in [0.717, 1.165) is 11.0 Å². The largest absolute Gasteiger partial charge is 0.471 e. The van der Waals surface area contributed by atoms with Gasteiger partial charge in [-0.2, -0.15) is 0 Å².